The summed E-state index contributed by atoms with van der Waals surface area (Å²) < 4.78 is 12.0. The molecule has 0 aliphatic carbocycles. The van der Waals surface area contributed by atoms with E-state index >= 15 is 0 Å². The number of thioether (sulfide) groups is 1. The Balaban J connectivity index is 1.73. The van der Waals surface area contributed by atoms with Gasteiger partial charge in [-0.3, -0.25) is 4.79 Å². The Morgan fingerprint density at radius 1 is 1.35 bits per heavy atom. The van der Waals surface area contributed by atoms with Gasteiger partial charge in [-0.15, -0.1) is 11.3 Å². The molecule has 0 bridgehead atoms. The zero-order valence-corrected chi connectivity index (χ0v) is 16.4. The standard InChI is InChI=1S/C19H19NO4S2/c1-11-17(9-18(21)22)26-19(20-11)25-10-14-8-16(24-12(14)2)13-5-4-6-15(7-13)23-3/h4-8H,9-10H2,1-3H3,(H,21,22). The first kappa shape index (κ1) is 18.5. The highest BCUT2D eigenvalue weighted by Gasteiger charge is 2.14. The molecule has 7 heteroatoms. The van der Waals surface area contributed by atoms with E-state index in [-0.39, 0.29) is 6.42 Å². The Morgan fingerprint density at radius 3 is 2.88 bits per heavy atom. The van der Waals surface area contributed by atoms with Gasteiger partial charge in [0.15, 0.2) is 4.34 Å². The van der Waals surface area contributed by atoms with Crippen LogP contribution in [0.25, 0.3) is 11.3 Å². The van der Waals surface area contributed by atoms with Crippen molar-refractivity contribution in [2.45, 2.75) is 30.4 Å². The molecule has 0 radical (unpaired) electrons. The molecule has 0 unspecified atom stereocenters. The number of ether oxygens (including phenoxy) is 1. The number of furan rings is 1. The van der Waals surface area contributed by atoms with Crippen LogP contribution in [0.1, 0.15) is 21.9 Å². The monoisotopic (exact) mass is 389 g/mol. The van der Waals surface area contributed by atoms with Crippen LogP contribution in [0.3, 0.4) is 0 Å². The lowest BCUT2D eigenvalue weighted by Crippen LogP contribution is -1.99. The highest BCUT2D eigenvalue weighted by molar-refractivity contribution is 8.00. The summed E-state index contributed by atoms with van der Waals surface area (Å²) in [5, 5.41) is 8.94. The maximum absolute atomic E-state index is 10.9. The van der Waals surface area contributed by atoms with Crippen molar-refractivity contribution in [1.29, 1.82) is 0 Å². The van der Waals surface area contributed by atoms with Gasteiger partial charge in [0.25, 0.3) is 0 Å². The molecule has 0 amide bonds. The van der Waals surface area contributed by atoms with Crippen LogP contribution in [-0.2, 0) is 17.0 Å². The van der Waals surface area contributed by atoms with Crippen molar-refractivity contribution in [3.05, 3.63) is 52.2 Å². The number of hydrogen-bond acceptors (Lipinski definition) is 6. The maximum atomic E-state index is 10.9. The molecule has 0 atom stereocenters. The Labute approximate surface area is 160 Å². The number of methoxy groups -OCH3 is 1. The molecule has 1 aromatic carbocycles. The summed E-state index contributed by atoms with van der Waals surface area (Å²) in [5.41, 5.74) is 2.86. The van der Waals surface area contributed by atoms with Gasteiger partial charge in [0.1, 0.15) is 17.3 Å². The van der Waals surface area contributed by atoms with Crippen molar-refractivity contribution in [2.75, 3.05) is 7.11 Å². The minimum absolute atomic E-state index is 0.0226. The van der Waals surface area contributed by atoms with Gasteiger partial charge in [-0.25, -0.2) is 4.98 Å². The first-order valence-corrected chi connectivity index (χ1v) is 9.81. The number of aromatic nitrogens is 1. The molecule has 2 aromatic heterocycles. The molecule has 0 fully saturated rings. The molecule has 136 valence electrons. The number of carboxylic acids is 1. The molecule has 0 saturated carbocycles. The van der Waals surface area contributed by atoms with E-state index in [9.17, 15) is 4.79 Å². The fourth-order valence-electron chi connectivity index (χ4n) is 2.49. The number of carboxylic acid groups (broad SMARTS) is 1. The Bertz CT molecular complexity index is 930. The second-order valence-corrected chi connectivity index (χ2v) is 8.08. The van der Waals surface area contributed by atoms with Gasteiger partial charge >= 0.3 is 5.97 Å². The topological polar surface area (TPSA) is 72.6 Å². The lowest BCUT2D eigenvalue weighted by molar-refractivity contribution is -0.136. The van der Waals surface area contributed by atoms with Crippen LogP contribution in [0.2, 0.25) is 0 Å². The van der Waals surface area contributed by atoms with Crippen LogP contribution < -0.4 is 4.74 Å². The largest absolute Gasteiger partial charge is 0.497 e. The molecule has 0 spiro atoms. The van der Waals surface area contributed by atoms with Crippen LogP contribution in [0.5, 0.6) is 5.75 Å². The highest BCUT2D eigenvalue weighted by atomic mass is 32.2. The smallest absolute Gasteiger partial charge is 0.308 e. The van der Waals surface area contributed by atoms with Crippen molar-refractivity contribution in [1.82, 2.24) is 4.98 Å². The third kappa shape index (κ3) is 4.28. The predicted octanol–water partition coefficient (Wildman–Crippen LogP) is 4.95. The lowest BCUT2D eigenvalue weighted by atomic mass is 10.1. The number of nitrogens with zero attached hydrogens (tertiary/aromatic N) is 1. The number of thiazole rings is 1. The fraction of sp³-hybridized carbons (Fsp3) is 0.263. The zero-order valence-electron chi connectivity index (χ0n) is 14.7. The fourth-order valence-corrected chi connectivity index (χ4v) is 4.75. The third-order valence-corrected chi connectivity index (χ3v) is 6.26. The van der Waals surface area contributed by atoms with E-state index in [1.165, 1.54) is 11.3 Å². The van der Waals surface area contributed by atoms with Gasteiger partial charge in [0.2, 0.25) is 0 Å². The molecule has 0 aliphatic rings. The van der Waals surface area contributed by atoms with E-state index in [0.29, 0.717) is 0 Å². The second-order valence-electron chi connectivity index (χ2n) is 5.77. The number of hydrogen-bond donors (Lipinski definition) is 1. The van der Waals surface area contributed by atoms with Gasteiger partial charge in [0, 0.05) is 21.8 Å². The van der Waals surface area contributed by atoms with Crippen LogP contribution in [-0.4, -0.2) is 23.2 Å². The summed E-state index contributed by atoms with van der Waals surface area (Å²) in [7, 11) is 1.64. The average Bonchev–Trinajstić information content (AvgIpc) is 3.15. The number of carbonyl (C=O) groups is 1. The van der Waals surface area contributed by atoms with Crippen molar-refractivity contribution >= 4 is 29.1 Å². The summed E-state index contributed by atoms with van der Waals surface area (Å²) >= 11 is 3.04. The first-order chi connectivity index (χ1) is 12.5. The quantitative estimate of drug-likeness (QED) is 0.577. The number of aryl methyl sites for hydroxylation is 2. The van der Waals surface area contributed by atoms with Crippen LogP contribution in [0, 0.1) is 13.8 Å². The molecule has 26 heavy (non-hydrogen) atoms. The minimum Gasteiger partial charge on any atom is -0.497 e. The molecule has 1 N–H and O–H groups in total. The molecule has 0 saturated heterocycles. The van der Waals surface area contributed by atoms with Crippen molar-refractivity contribution in [2.24, 2.45) is 0 Å². The third-order valence-electron chi connectivity index (χ3n) is 3.91. The Hall–Kier alpha value is -2.25. The Kier molecular flexibility index (Phi) is 5.68. The van der Waals surface area contributed by atoms with Gasteiger partial charge in [0.05, 0.1) is 19.2 Å². The SMILES string of the molecule is COc1cccc(-c2cc(CSc3nc(C)c(CC(=O)O)s3)c(C)o2)c1. The lowest BCUT2D eigenvalue weighted by Gasteiger charge is -2.01. The summed E-state index contributed by atoms with van der Waals surface area (Å²) in [5.74, 6) is 2.35. The molecule has 3 rings (SSSR count). The molecule has 0 aliphatic heterocycles. The summed E-state index contributed by atoms with van der Waals surface area (Å²) in [6.45, 7) is 3.80. The van der Waals surface area contributed by atoms with Gasteiger partial charge < -0.3 is 14.3 Å². The number of rotatable bonds is 7. The Morgan fingerprint density at radius 2 is 2.15 bits per heavy atom. The van der Waals surface area contributed by atoms with Gasteiger partial charge in [-0.2, -0.15) is 0 Å². The normalized spacial score (nSPS) is 10.9. The van der Waals surface area contributed by atoms with Crippen LogP contribution >= 0.6 is 23.1 Å². The van der Waals surface area contributed by atoms with E-state index in [1.54, 1.807) is 18.9 Å². The number of aliphatic carboxylic acids is 1. The molecular weight excluding hydrogens is 370 g/mol. The molecule has 3 aromatic rings. The minimum atomic E-state index is -0.832. The van der Waals surface area contributed by atoms with E-state index < -0.39 is 5.97 Å². The van der Waals surface area contributed by atoms with E-state index in [4.69, 9.17) is 14.3 Å². The van der Waals surface area contributed by atoms with Crippen molar-refractivity contribution in [3.8, 4) is 17.1 Å². The first-order valence-electron chi connectivity index (χ1n) is 8.01. The van der Waals surface area contributed by atoms with E-state index in [2.05, 4.69) is 4.98 Å². The predicted molar refractivity (Wildman–Crippen MR) is 103 cm³/mol. The van der Waals surface area contributed by atoms with Crippen LogP contribution in [0.4, 0.5) is 0 Å². The highest BCUT2D eigenvalue weighted by Crippen LogP contribution is 2.34. The van der Waals surface area contributed by atoms with Crippen LogP contribution in [0.15, 0.2) is 39.1 Å². The summed E-state index contributed by atoms with van der Waals surface area (Å²) in [6.07, 6.45) is 0.0226. The van der Waals surface area contributed by atoms with Crippen molar-refractivity contribution < 1.29 is 19.1 Å². The number of benzene rings is 1. The summed E-state index contributed by atoms with van der Waals surface area (Å²) in [4.78, 5) is 16.2. The zero-order chi connectivity index (χ0) is 18.7. The van der Waals surface area contributed by atoms with Gasteiger partial charge in [-0.05, 0) is 32.0 Å². The molecule has 2 heterocycles. The maximum Gasteiger partial charge on any atom is 0.308 e. The molecule has 5 nitrogen and oxygen atoms in total. The van der Waals surface area contributed by atoms with E-state index in [1.807, 2.05) is 44.2 Å². The average molecular weight is 389 g/mol. The van der Waals surface area contributed by atoms with Gasteiger partial charge in [-0.1, -0.05) is 23.9 Å². The second kappa shape index (κ2) is 7.97. The summed E-state index contributed by atoms with van der Waals surface area (Å²) in [6, 6.07) is 9.80. The molecular formula is C19H19NO4S2. The van der Waals surface area contributed by atoms with E-state index in [0.717, 1.165) is 49.1 Å². The van der Waals surface area contributed by atoms with Crippen molar-refractivity contribution in [3.63, 3.8) is 0 Å².